The summed E-state index contributed by atoms with van der Waals surface area (Å²) in [7, 11) is 1.66. The molecular weight excluding hydrogens is 378 g/mol. The highest BCUT2D eigenvalue weighted by Gasteiger charge is 2.14. The fourth-order valence-corrected chi connectivity index (χ4v) is 3.66. The van der Waals surface area contributed by atoms with E-state index in [0.717, 1.165) is 50.3 Å². The Bertz CT molecular complexity index is 1230. The van der Waals surface area contributed by atoms with Gasteiger partial charge in [-0.05, 0) is 55.3 Å². The van der Waals surface area contributed by atoms with Gasteiger partial charge in [0.2, 0.25) is 5.91 Å². The van der Waals surface area contributed by atoms with Gasteiger partial charge in [-0.1, -0.05) is 6.07 Å². The molecule has 30 heavy (non-hydrogen) atoms. The van der Waals surface area contributed by atoms with Crippen molar-refractivity contribution < 1.29 is 9.53 Å². The maximum absolute atomic E-state index is 11.6. The fourth-order valence-electron chi connectivity index (χ4n) is 3.66. The largest absolute Gasteiger partial charge is 0.496 e. The van der Waals surface area contributed by atoms with Crippen molar-refractivity contribution in [3.63, 3.8) is 0 Å². The normalized spacial score (nSPS) is 10.9. The van der Waals surface area contributed by atoms with Gasteiger partial charge < -0.3 is 10.1 Å². The number of carbonyl (C=O) groups excluding carboxylic acids is 1. The van der Waals surface area contributed by atoms with E-state index in [1.165, 1.54) is 13.3 Å². The highest BCUT2D eigenvalue weighted by atomic mass is 16.5. The molecule has 0 radical (unpaired) electrons. The first kappa shape index (κ1) is 19.6. The van der Waals surface area contributed by atoms with Crippen molar-refractivity contribution in [2.75, 3.05) is 12.4 Å². The van der Waals surface area contributed by atoms with Gasteiger partial charge in [0.25, 0.3) is 0 Å². The Balaban J connectivity index is 1.83. The van der Waals surface area contributed by atoms with Crippen molar-refractivity contribution >= 4 is 22.5 Å². The molecule has 0 aliphatic rings. The van der Waals surface area contributed by atoms with E-state index in [4.69, 9.17) is 9.72 Å². The number of hydrogen-bond donors (Lipinski definition) is 1. The summed E-state index contributed by atoms with van der Waals surface area (Å²) < 4.78 is 7.28. The smallest absolute Gasteiger partial charge is 0.221 e. The van der Waals surface area contributed by atoms with E-state index in [9.17, 15) is 4.79 Å². The molecule has 1 N–H and O–H groups in total. The van der Waals surface area contributed by atoms with Gasteiger partial charge >= 0.3 is 0 Å². The van der Waals surface area contributed by atoms with Gasteiger partial charge in [0.1, 0.15) is 18.4 Å². The third-order valence-corrected chi connectivity index (χ3v) is 5.05. The van der Waals surface area contributed by atoms with E-state index >= 15 is 0 Å². The monoisotopic (exact) mass is 401 g/mol. The van der Waals surface area contributed by atoms with Crippen molar-refractivity contribution in [2.45, 2.75) is 27.3 Å². The summed E-state index contributed by atoms with van der Waals surface area (Å²) >= 11 is 0. The summed E-state index contributed by atoms with van der Waals surface area (Å²) in [5, 5.41) is 8.07. The summed E-state index contributed by atoms with van der Waals surface area (Å²) in [6, 6.07) is 12.0. The number of aromatic nitrogens is 4. The van der Waals surface area contributed by atoms with Crippen LogP contribution < -0.4 is 10.1 Å². The van der Waals surface area contributed by atoms with Crippen LogP contribution in [0, 0.1) is 13.8 Å². The second kappa shape index (κ2) is 7.94. The standard InChI is InChI=1S/C23H23N5O2/c1-14-5-7-19(26-16(3)29)22-15(2)9-20(27-23(14)22)17-6-8-21(30-4)18(10-17)11-28-13-24-12-25-28/h5-10,12-13H,11H2,1-4H3,(H,26,29). The lowest BCUT2D eigenvalue weighted by atomic mass is 10.00. The van der Waals surface area contributed by atoms with Crippen LogP contribution in [0.15, 0.2) is 49.1 Å². The molecule has 0 spiro atoms. The van der Waals surface area contributed by atoms with Crippen LogP contribution in [0.5, 0.6) is 5.75 Å². The number of benzene rings is 2. The van der Waals surface area contributed by atoms with Crippen LogP contribution in [0.4, 0.5) is 5.69 Å². The first-order valence-electron chi connectivity index (χ1n) is 9.64. The first-order valence-corrected chi connectivity index (χ1v) is 9.64. The highest BCUT2D eigenvalue weighted by Crippen LogP contribution is 2.33. The van der Waals surface area contributed by atoms with Gasteiger partial charge in [0, 0.05) is 23.4 Å². The number of pyridine rings is 1. The first-order chi connectivity index (χ1) is 14.5. The van der Waals surface area contributed by atoms with E-state index in [1.54, 1.807) is 18.1 Å². The average Bonchev–Trinajstić information content (AvgIpc) is 3.22. The molecule has 0 aliphatic heterocycles. The molecule has 0 saturated heterocycles. The molecule has 4 aromatic rings. The quantitative estimate of drug-likeness (QED) is 0.544. The molecule has 2 aromatic heterocycles. The third-order valence-electron chi connectivity index (χ3n) is 5.05. The van der Waals surface area contributed by atoms with Crippen LogP contribution in [0.1, 0.15) is 23.6 Å². The van der Waals surface area contributed by atoms with Crippen LogP contribution in [0.2, 0.25) is 0 Å². The van der Waals surface area contributed by atoms with Gasteiger partial charge in [0.15, 0.2) is 0 Å². The topological polar surface area (TPSA) is 81.9 Å². The molecule has 0 unspecified atom stereocenters. The third kappa shape index (κ3) is 3.74. The lowest BCUT2D eigenvalue weighted by Crippen LogP contribution is -2.07. The van der Waals surface area contributed by atoms with E-state index in [0.29, 0.717) is 6.54 Å². The number of hydrogen-bond acceptors (Lipinski definition) is 5. The van der Waals surface area contributed by atoms with E-state index in [1.807, 2.05) is 44.2 Å². The summed E-state index contributed by atoms with van der Waals surface area (Å²) in [5.41, 5.74) is 6.61. The summed E-state index contributed by atoms with van der Waals surface area (Å²) in [6.45, 7) is 6.13. The Morgan fingerprint density at radius 1 is 1.13 bits per heavy atom. The fraction of sp³-hybridized carbons (Fsp3) is 0.217. The van der Waals surface area contributed by atoms with E-state index < -0.39 is 0 Å². The zero-order valence-corrected chi connectivity index (χ0v) is 17.4. The summed E-state index contributed by atoms with van der Waals surface area (Å²) in [6.07, 6.45) is 3.19. The molecule has 0 bridgehead atoms. The maximum Gasteiger partial charge on any atom is 0.221 e. The minimum Gasteiger partial charge on any atom is -0.496 e. The van der Waals surface area contributed by atoms with Crippen LogP contribution in [0.3, 0.4) is 0 Å². The highest BCUT2D eigenvalue weighted by molar-refractivity contribution is 6.03. The molecule has 152 valence electrons. The van der Waals surface area contributed by atoms with E-state index in [2.05, 4.69) is 21.5 Å². The predicted octanol–water partition coefficient (Wildman–Crippen LogP) is 4.13. The minimum atomic E-state index is -0.100. The Hall–Kier alpha value is -3.74. The molecule has 2 heterocycles. The Morgan fingerprint density at radius 3 is 2.67 bits per heavy atom. The Labute approximate surface area is 174 Å². The molecule has 0 aliphatic carbocycles. The Kier molecular flexibility index (Phi) is 5.18. The molecule has 0 fully saturated rings. The van der Waals surface area contributed by atoms with Gasteiger partial charge in [-0.15, -0.1) is 0 Å². The zero-order valence-electron chi connectivity index (χ0n) is 17.4. The van der Waals surface area contributed by atoms with Crippen molar-refractivity contribution in [2.24, 2.45) is 0 Å². The van der Waals surface area contributed by atoms with Gasteiger partial charge in [-0.25, -0.2) is 14.6 Å². The number of nitrogens with one attached hydrogen (secondary N) is 1. The SMILES string of the molecule is COc1ccc(-c2cc(C)c3c(NC(C)=O)ccc(C)c3n2)cc1Cn1cncn1. The van der Waals surface area contributed by atoms with Gasteiger partial charge in [-0.2, -0.15) is 5.10 Å². The number of methoxy groups -OCH3 is 1. The number of ether oxygens (including phenoxy) is 1. The van der Waals surface area contributed by atoms with Crippen molar-refractivity contribution in [1.29, 1.82) is 0 Å². The average molecular weight is 401 g/mol. The van der Waals surface area contributed by atoms with Crippen LogP contribution >= 0.6 is 0 Å². The number of aryl methyl sites for hydroxylation is 2. The van der Waals surface area contributed by atoms with Gasteiger partial charge in [0.05, 0.1) is 30.6 Å². The van der Waals surface area contributed by atoms with Crippen LogP contribution in [-0.4, -0.2) is 32.8 Å². The molecule has 0 atom stereocenters. The molecule has 4 rings (SSSR count). The molecule has 1 amide bonds. The number of nitrogens with zero attached hydrogens (tertiary/aromatic N) is 4. The van der Waals surface area contributed by atoms with Crippen molar-refractivity contribution in [3.8, 4) is 17.0 Å². The summed E-state index contributed by atoms with van der Waals surface area (Å²) in [5.74, 6) is 0.687. The lowest BCUT2D eigenvalue weighted by Gasteiger charge is -2.15. The molecule has 7 nitrogen and oxygen atoms in total. The molecule has 7 heteroatoms. The second-order valence-electron chi connectivity index (χ2n) is 7.28. The van der Waals surface area contributed by atoms with E-state index in [-0.39, 0.29) is 5.91 Å². The predicted molar refractivity (Wildman–Crippen MR) is 117 cm³/mol. The lowest BCUT2D eigenvalue weighted by molar-refractivity contribution is -0.114. The molecule has 0 saturated carbocycles. The number of amides is 1. The second-order valence-corrected chi connectivity index (χ2v) is 7.28. The van der Waals surface area contributed by atoms with Gasteiger partial charge in [-0.3, -0.25) is 4.79 Å². The Morgan fingerprint density at radius 2 is 1.97 bits per heavy atom. The number of carbonyl (C=O) groups is 1. The minimum absolute atomic E-state index is 0.100. The number of rotatable bonds is 5. The van der Waals surface area contributed by atoms with Crippen LogP contribution in [-0.2, 0) is 11.3 Å². The number of fused-ring (bicyclic) bond motifs is 1. The van der Waals surface area contributed by atoms with Crippen LogP contribution in [0.25, 0.3) is 22.2 Å². The van der Waals surface area contributed by atoms with Crippen molar-refractivity contribution in [1.82, 2.24) is 19.7 Å². The molecule has 2 aromatic carbocycles. The summed E-state index contributed by atoms with van der Waals surface area (Å²) in [4.78, 5) is 20.6. The number of anilines is 1. The van der Waals surface area contributed by atoms with Crippen molar-refractivity contribution in [3.05, 3.63) is 65.7 Å². The zero-order chi connectivity index (χ0) is 21.3. The maximum atomic E-state index is 11.6. The molecular formula is C23H23N5O2.